The number of rotatable bonds is 5. The monoisotopic (exact) mass is 317 g/mol. The molecule has 0 bridgehead atoms. The van der Waals surface area contributed by atoms with Gasteiger partial charge in [-0.3, -0.25) is 4.79 Å². The third-order valence-electron chi connectivity index (χ3n) is 3.85. The van der Waals surface area contributed by atoms with Crippen LogP contribution in [0.2, 0.25) is 5.02 Å². The van der Waals surface area contributed by atoms with Gasteiger partial charge in [-0.15, -0.1) is 0 Å². The Balaban J connectivity index is 1.93. The van der Waals surface area contributed by atoms with E-state index in [0.29, 0.717) is 24.4 Å². The summed E-state index contributed by atoms with van der Waals surface area (Å²) in [4.78, 5) is 14.5. The SMILES string of the molecule is O=C1C(Cc2ccnnc2)c2cc(Cl)ccc2N1CCCO. The Morgan fingerprint density at radius 2 is 2.14 bits per heavy atom. The molecule has 1 aromatic heterocycles. The fourth-order valence-corrected chi connectivity index (χ4v) is 3.00. The molecule has 1 atom stereocenters. The van der Waals surface area contributed by atoms with Gasteiger partial charge in [0.1, 0.15) is 0 Å². The Morgan fingerprint density at radius 1 is 1.27 bits per heavy atom. The van der Waals surface area contributed by atoms with Crippen molar-refractivity contribution in [2.75, 3.05) is 18.1 Å². The molecule has 1 aromatic carbocycles. The molecule has 0 saturated carbocycles. The van der Waals surface area contributed by atoms with E-state index in [2.05, 4.69) is 10.2 Å². The van der Waals surface area contributed by atoms with Crippen molar-refractivity contribution >= 4 is 23.2 Å². The summed E-state index contributed by atoms with van der Waals surface area (Å²) < 4.78 is 0. The smallest absolute Gasteiger partial charge is 0.234 e. The fourth-order valence-electron chi connectivity index (χ4n) is 2.82. The highest BCUT2D eigenvalue weighted by atomic mass is 35.5. The molecule has 1 unspecified atom stereocenters. The minimum Gasteiger partial charge on any atom is -0.396 e. The second kappa shape index (κ2) is 6.42. The number of hydrogen-bond acceptors (Lipinski definition) is 4. The molecule has 2 heterocycles. The number of halogens is 1. The van der Waals surface area contributed by atoms with Crippen LogP contribution in [0.1, 0.15) is 23.5 Å². The molecule has 5 nitrogen and oxygen atoms in total. The second-order valence-corrected chi connectivity index (χ2v) is 5.71. The first kappa shape index (κ1) is 14.9. The van der Waals surface area contributed by atoms with Crippen molar-refractivity contribution in [2.45, 2.75) is 18.8 Å². The van der Waals surface area contributed by atoms with Gasteiger partial charge >= 0.3 is 0 Å². The molecule has 1 aliphatic rings. The molecule has 3 rings (SSSR count). The number of aromatic nitrogens is 2. The number of hydrogen-bond donors (Lipinski definition) is 1. The van der Waals surface area contributed by atoms with Crippen molar-refractivity contribution in [3.05, 3.63) is 52.8 Å². The highest BCUT2D eigenvalue weighted by Crippen LogP contribution is 2.40. The maximum Gasteiger partial charge on any atom is 0.234 e. The lowest BCUT2D eigenvalue weighted by molar-refractivity contribution is -0.119. The maximum atomic E-state index is 12.7. The first-order valence-electron chi connectivity index (χ1n) is 7.18. The summed E-state index contributed by atoms with van der Waals surface area (Å²) in [6.45, 7) is 0.570. The van der Waals surface area contributed by atoms with E-state index in [0.717, 1.165) is 16.8 Å². The van der Waals surface area contributed by atoms with E-state index in [1.54, 1.807) is 23.4 Å². The first-order valence-corrected chi connectivity index (χ1v) is 7.56. The van der Waals surface area contributed by atoms with E-state index in [1.807, 2.05) is 18.2 Å². The van der Waals surface area contributed by atoms with Crippen LogP contribution >= 0.6 is 11.6 Å². The molecule has 114 valence electrons. The lowest BCUT2D eigenvalue weighted by atomic mass is 9.94. The maximum absolute atomic E-state index is 12.7. The number of aliphatic hydroxyl groups is 1. The van der Waals surface area contributed by atoms with Crippen LogP contribution in [0.15, 0.2) is 36.7 Å². The quantitative estimate of drug-likeness (QED) is 0.918. The Hall–Kier alpha value is -1.98. The van der Waals surface area contributed by atoms with E-state index < -0.39 is 0 Å². The van der Waals surface area contributed by atoms with Gasteiger partial charge in [0, 0.05) is 30.1 Å². The van der Waals surface area contributed by atoms with Gasteiger partial charge in [0.05, 0.1) is 12.1 Å². The summed E-state index contributed by atoms with van der Waals surface area (Å²) >= 11 is 6.10. The van der Waals surface area contributed by atoms with Gasteiger partial charge in [0.15, 0.2) is 0 Å². The second-order valence-electron chi connectivity index (χ2n) is 5.28. The predicted octanol–water partition coefficient (Wildman–Crippen LogP) is 2.19. The largest absolute Gasteiger partial charge is 0.396 e. The third kappa shape index (κ3) is 2.82. The van der Waals surface area contributed by atoms with E-state index in [9.17, 15) is 4.79 Å². The van der Waals surface area contributed by atoms with Crippen LogP contribution in [0.3, 0.4) is 0 Å². The molecule has 0 aliphatic carbocycles. The van der Waals surface area contributed by atoms with Gasteiger partial charge in [-0.2, -0.15) is 10.2 Å². The van der Waals surface area contributed by atoms with Crippen molar-refractivity contribution < 1.29 is 9.90 Å². The van der Waals surface area contributed by atoms with Gasteiger partial charge in [-0.1, -0.05) is 11.6 Å². The molecule has 2 aromatic rings. The molecule has 0 spiro atoms. The molecule has 22 heavy (non-hydrogen) atoms. The predicted molar refractivity (Wildman–Crippen MR) is 84.0 cm³/mol. The van der Waals surface area contributed by atoms with E-state index >= 15 is 0 Å². The number of carbonyl (C=O) groups excluding carboxylic acids is 1. The van der Waals surface area contributed by atoms with Crippen LogP contribution in [0.4, 0.5) is 5.69 Å². The van der Waals surface area contributed by atoms with E-state index in [-0.39, 0.29) is 18.4 Å². The zero-order chi connectivity index (χ0) is 15.5. The Labute approximate surface area is 133 Å². The van der Waals surface area contributed by atoms with Crippen LogP contribution in [0.5, 0.6) is 0 Å². The van der Waals surface area contributed by atoms with Gasteiger partial charge in [-0.05, 0) is 48.2 Å². The van der Waals surface area contributed by atoms with Crippen molar-refractivity contribution in [2.24, 2.45) is 0 Å². The lowest BCUT2D eigenvalue weighted by Gasteiger charge is -2.17. The van der Waals surface area contributed by atoms with Crippen molar-refractivity contribution in [3.8, 4) is 0 Å². The number of anilines is 1. The minimum absolute atomic E-state index is 0.0440. The van der Waals surface area contributed by atoms with Crippen LogP contribution in [0.25, 0.3) is 0 Å². The van der Waals surface area contributed by atoms with Gasteiger partial charge in [0.25, 0.3) is 0 Å². The molecule has 0 radical (unpaired) electrons. The van der Waals surface area contributed by atoms with Crippen molar-refractivity contribution in [1.82, 2.24) is 10.2 Å². The summed E-state index contributed by atoms with van der Waals surface area (Å²) in [6, 6.07) is 7.38. The number of nitrogens with zero attached hydrogens (tertiary/aromatic N) is 3. The average Bonchev–Trinajstić information content (AvgIpc) is 2.78. The molecule has 1 aliphatic heterocycles. The molecule has 0 fully saturated rings. The van der Waals surface area contributed by atoms with Crippen LogP contribution in [-0.4, -0.2) is 34.4 Å². The third-order valence-corrected chi connectivity index (χ3v) is 4.08. The molecule has 6 heteroatoms. The van der Waals surface area contributed by atoms with Gasteiger partial charge in [0.2, 0.25) is 5.91 Å². The highest BCUT2D eigenvalue weighted by Gasteiger charge is 2.36. The van der Waals surface area contributed by atoms with Crippen molar-refractivity contribution in [3.63, 3.8) is 0 Å². The minimum atomic E-state index is -0.267. The number of amides is 1. The van der Waals surface area contributed by atoms with E-state index in [4.69, 9.17) is 16.7 Å². The summed E-state index contributed by atoms with van der Waals surface area (Å²) in [5.74, 6) is -0.223. The normalized spacial score (nSPS) is 16.9. The highest BCUT2D eigenvalue weighted by molar-refractivity contribution is 6.31. The first-order chi connectivity index (χ1) is 10.7. The average molecular weight is 318 g/mol. The summed E-state index contributed by atoms with van der Waals surface area (Å²) in [5, 5.41) is 17.3. The van der Waals surface area contributed by atoms with E-state index in [1.165, 1.54) is 0 Å². The zero-order valence-corrected chi connectivity index (χ0v) is 12.7. The molecule has 1 amide bonds. The topological polar surface area (TPSA) is 66.3 Å². The summed E-state index contributed by atoms with van der Waals surface area (Å²) in [6.07, 6.45) is 4.42. The Morgan fingerprint density at radius 3 is 2.86 bits per heavy atom. The standard InChI is InChI=1S/C16H16ClN3O2/c17-12-2-3-15-13(9-12)14(8-11-4-5-18-19-10-11)16(22)20(15)6-1-7-21/h2-5,9-10,14,21H,1,6-8H2. The van der Waals surface area contributed by atoms with Crippen LogP contribution in [0, 0.1) is 0 Å². The molecular weight excluding hydrogens is 302 g/mol. The Bertz CT molecular complexity index is 678. The summed E-state index contributed by atoms with van der Waals surface area (Å²) in [7, 11) is 0. The fraction of sp³-hybridized carbons (Fsp3) is 0.312. The van der Waals surface area contributed by atoms with Crippen LogP contribution in [-0.2, 0) is 11.2 Å². The van der Waals surface area contributed by atoms with Crippen molar-refractivity contribution in [1.29, 1.82) is 0 Å². The Kier molecular flexibility index (Phi) is 4.36. The van der Waals surface area contributed by atoms with Crippen LogP contribution < -0.4 is 4.90 Å². The lowest BCUT2D eigenvalue weighted by Crippen LogP contribution is -2.30. The molecule has 1 N–H and O–H groups in total. The summed E-state index contributed by atoms with van der Waals surface area (Å²) in [5.41, 5.74) is 2.78. The number of aliphatic hydroxyl groups excluding tert-OH is 1. The number of benzene rings is 1. The van der Waals surface area contributed by atoms with Gasteiger partial charge < -0.3 is 10.0 Å². The molecule has 0 saturated heterocycles. The van der Waals surface area contributed by atoms with Gasteiger partial charge in [-0.25, -0.2) is 0 Å². The molecular formula is C16H16ClN3O2. The number of fused-ring (bicyclic) bond motifs is 1. The number of carbonyl (C=O) groups is 1. The zero-order valence-electron chi connectivity index (χ0n) is 11.9.